The first-order valence-corrected chi connectivity index (χ1v) is 11.1. The van der Waals surface area contributed by atoms with Gasteiger partial charge in [0.15, 0.2) is 11.2 Å². The van der Waals surface area contributed by atoms with Gasteiger partial charge >= 0.3 is 5.69 Å². The molecule has 0 aliphatic heterocycles. The molecule has 7 nitrogen and oxygen atoms in total. The third-order valence-electron chi connectivity index (χ3n) is 5.74. The highest BCUT2D eigenvalue weighted by atomic mass is 16.2. The topological polar surface area (TPSA) is 85.6 Å². The Morgan fingerprint density at radius 2 is 1.70 bits per heavy atom. The van der Waals surface area contributed by atoms with Crippen LogP contribution in [0.5, 0.6) is 0 Å². The molecule has 0 atom stereocenters. The zero-order chi connectivity index (χ0) is 23.7. The summed E-state index contributed by atoms with van der Waals surface area (Å²) in [6.07, 6.45) is 1.57. The monoisotopic (exact) mass is 441 g/mol. The van der Waals surface area contributed by atoms with Crippen molar-refractivity contribution in [1.29, 1.82) is 5.26 Å². The van der Waals surface area contributed by atoms with Crippen LogP contribution in [0.2, 0.25) is 0 Å². The number of benzene rings is 2. The highest BCUT2D eigenvalue weighted by Crippen LogP contribution is 2.19. The summed E-state index contributed by atoms with van der Waals surface area (Å²) in [4.78, 5) is 31.4. The van der Waals surface area contributed by atoms with Crippen molar-refractivity contribution in [2.75, 3.05) is 0 Å². The van der Waals surface area contributed by atoms with Gasteiger partial charge in [-0.3, -0.25) is 9.36 Å². The van der Waals surface area contributed by atoms with E-state index in [0.717, 1.165) is 11.1 Å². The van der Waals surface area contributed by atoms with Gasteiger partial charge in [0.2, 0.25) is 0 Å². The standard InChI is InChI=1S/C26H27N5O2/c1-17(2)14-30-25(32)23-24(28-16-29(23)15-21-8-6-5-7-20(21)13-27)31(26(30)33)22-11-9-19(10-12-22)18(3)4/h5-12,16-18H,14-15H2,1-4H3. The second-order valence-electron chi connectivity index (χ2n) is 8.99. The molecule has 0 spiro atoms. The quantitative estimate of drug-likeness (QED) is 0.452. The number of nitrogens with zero attached hydrogens (tertiary/aromatic N) is 5. The molecule has 0 saturated carbocycles. The minimum atomic E-state index is -0.402. The summed E-state index contributed by atoms with van der Waals surface area (Å²) in [6.45, 7) is 8.78. The number of nitriles is 1. The predicted molar refractivity (Wildman–Crippen MR) is 129 cm³/mol. The first kappa shape index (κ1) is 22.3. The average Bonchev–Trinajstić information content (AvgIpc) is 3.20. The second kappa shape index (κ2) is 8.91. The van der Waals surface area contributed by atoms with Gasteiger partial charge in [-0.1, -0.05) is 58.0 Å². The molecule has 4 aromatic rings. The molecule has 0 bridgehead atoms. The zero-order valence-electron chi connectivity index (χ0n) is 19.3. The molecule has 0 N–H and O–H groups in total. The maximum absolute atomic E-state index is 13.5. The Bertz CT molecular complexity index is 1460. The third-order valence-corrected chi connectivity index (χ3v) is 5.74. The summed E-state index contributed by atoms with van der Waals surface area (Å²) in [5.41, 5.74) is 3.04. The number of hydrogen-bond acceptors (Lipinski definition) is 4. The number of fused-ring (bicyclic) bond motifs is 1. The van der Waals surface area contributed by atoms with E-state index >= 15 is 0 Å². The molecule has 0 aliphatic rings. The van der Waals surface area contributed by atoms with Crippen molar-refractivity contribution in [2.24, 2.45) is 5.92 Å². The van der Waals surface area contributed by atoms with Crippen LogP contribution in [0.15, 0.2) is 64.4 Å². The van der Waals surface area contributed by atoms with Crippen LogP contribution in [-0.4, -0.2) is 18.7 Å². The van der Waals surface area contributed by atoms with Crippen molar-refractivity contribution in [3.63, 3.8) is 0 Å². The lowest BCUT2D eigenvalue weighted by Gasteiger charge is -2.15. The third kappa shape index (κ3) is 4.12. The minimum absolute atomic E-state index is 0.111. The summed E-state index contributed by atoms with van der Waals surface area (Å²) in [5.74, 6) is 0.477. The molecule has 0 amide bonds. The van der Waals surface area contributed by atoms with Gasteiger partial charge in [-0.05, 0) is 41.2 Å². The van der Waals surface area contributed by atoms with Gasteiger partial charge in [0.1, 0.15) is 0 Å². The molecular weight excluding hydrogens is 414 g/mol. The van der Waals surface area contributed by atoms with E-state index in [9.17, 15) is 14.9 Å². The number of imidazole rings is 1. The maximum atomic E-state index is 13.5. The Morgan fingerprint density at radius 3 is 2.33 bits per heavy atom. The summed E-state index contributed by atoms with van der Waals surface area (Å²) in [7, 11) is 0. The van der Waals surface area contributed by atoms with Crippen molar-refractivity contribution in [1.82, 2.24) is 18.7 Å². The van der Waals surface area contributed by atoms with Crippen molar-refractivity contribution >= 4 is 11.2 Å². The Balaban J connectivity index is 1.97. The summed E-state index contributed by atoms with van der Waals surface area (Å²) in [6, 6.07) is 17.2. The smallest absolute Gasteiger partial charge is 0.320 e. The van der Waals surface area contributed by atoms with Crippen LogP contribution < -0.4 is 11.2 Å². The van der Waals surface area contributed by atoms with Gasteiger partial charge < -0.3 is 4.57 Å². The van der Waals surface area contributed by atoms with E-state index in [2.05, 4.69) is 24.9 Å². The molecule has 33 heavy (non-hydrogen) atoms. The molecule has 0 unspecified atom stereocenters. The lowest BCUT2D eigenvalue weighted by molar-refractivity contribution is 0.489. The highest BCUT2D eigenvalue weighted by molar-refractivity contribution is 5.72. The Morgan fingerprint density at radius 1 is 1.00 bits per heavy atom. The fraction of sp³-hybridized carbons (Fsp3) is 0.308. The lowest BCUT2D eigenvalue weighted by Crippen LogP contribution is -2.41. The molecule has 0 aliphatic carbocycles. The molecule has 0 fully saturated rings. The van der Waals surface area contributed by atoms with Crippen LogP contribution in [-0.2, 0) is 13.1 Å². The van der Waals surface area contributed by atoms with E-state index in [-0.39, 0.29) is 11.5 Å². The van der Waals surface area contributed by atoms with Crippen molar-refractivity contribution in [2.45, 2.75) is 46.7 Å². The first-order chi connectivity index (χ1) is 15.8. The van der Waals surface area contributed by atoms with Gasteiger partial charge in [0.25, 0.3) is 5.56 Å². The SMILES string of the molecule is CC(C)Cn1c(=O)c2c(ncn2Cc2ccccc2C#N)n(-c2ccc(C(C)C)cc2)c1=O. The molecule has 2 heterocycles. The van der Waals surface area contributed by atoms with E-state index in [1.54, 1.807) is 17.0 Å². The number of rotatable bonds is 6. The van der Waals surface area contributed by atoms with Gasteiger partial charge in [-0.15, -0.1) is 0 Å². The van der Waals surface area contributed by atoms with E-state index in [0.29, 0.717) is 41.4 Å². The summed E-state index contributed by atoms with van der Waals surface area (Å²) in [5, 5.41) is 9.46. The summed E-state index contributed by atoms with van der Waals surface area (Å²) < 4.78 is 4.52. The normalized spacial score (nSPS) is 11.4. The highest BCUT2D eigenvalue weighted by Gasteiger charge is 2.20. The van der Waals surface area contributed by atoms with Crippen LogP contribution in [0.4, 0.5) is 0 Å². The van der Waals surface area contributed by atoms with Gasteiger partial charge in [0.05, 0.1) is 30.2 Å². The number of aromatic nitrogens is 4. The largest absolute Gasteiger partial charge is 0.337 e. The van der Waals surface area contributed by atoms with Crippen LogP contribution in [0.25, 0.3) is 16.9 Å². The molecule has 2 aromatic carbocycles. The summed E-state index contributed by atoms with van der Waals surface area (Å²) >= 11 is 0. The first-order valence-electron chi connectivity index (χ1n) is 11.1. The molecular formula is C26H27N5O2. The fourth-order valence-electron chi connectivity index (χ4n) is 4.02. The van der Waals surface area contributed by atoms with Crippen LogP contribution >= 0.6 is 0 Å². The van der Waals surface area contributed by atoms with E-state index in [1.807, 2.05) is 56.3 Å². The minimum Gasteiger partial charge on any atom is -0.320 e. The van der Waals surface area contributed by atoms with Gasteiger partial charge in [0, 0.05) is 6.54 Å². The van der Waals surface area contributed by atoms with Crippen LogP contribution in [0, 0.1) is 17.2 Å². The van der Waals surface area contributed by atoms with E-state index in [1.165, 1.54) is 9.13 Å². The molecule has 168 valence electrons. The molecule has 0 radical (unpaired) electrons. The average molecular weight is 442 g/mol. The van der Waals surface area contributed by atoms with Gasteiger partial charge in [-0.2, -0.15) is 5.26 Å². The number of hydrogen-bond donors (Lipinski definition) is 0. The Labute approximate surface area is 192 Å². The zero-order valence-corrected chi connectivity index (χ0v) is 19.3. The van der Waals surface area contributed by atoms with Crippen molar-refractivity contribution < 1.29 is 0 Å². The van der Waals surface area contributed by atoms with Crippen molar-refractivity contribution in [3.05, 3.63) is 92.4 Å². The fourth-order valence-corrected chi connectivity index (χ4v) is 4.02. The van der Waals surface area contributed by atoms with Crippen LogP contribution in [0.3, 0.4) is 0 Å². The Kier molecular flexibility index (Phi) is 6.01. The molecule has 7 heteroatoms. The van der Waals surface area contributed by atoms with E-state index in [4.69, 9.17) is 0 Å². The molecule has 0 saturated heterocycles. The van der Waals surface area contributed by atoms with E-state index < -0.39 is 5.69 Å². The van der Waals surface area contributed by atoms with Crippen molar-refractivity contribution in [3.8, 4) is 11.8 Å². The predicted octanol–water partition coefficient (Wildman–Crippen LogP) is 4.05. The van der Waals surface area contributed by atoms with Gasteiger partial charge in [-0.25, -0.2) is 14.3 Å². The molecule has 2 aromatic heterocycles. The Hall–Kier alpha value is -3.92. The molecule has 4 rings (SSSR count). The van der Waals surface area contributed by atoms with Crippen LogP contribution in [0.1, 0.15) is 50.3 Å². The maximum Gasteiger partial charge on any atom is 0.337 e. The lowest BCUT2D eigenvalue weighted by atomic mass is 10.0. The second-order valence-corrected chi connectivity index (χ2v) is 8.99.